The highest BCUT2D eigenvalue weighted by atomic mass is 16.5. The molecule has 1 aromatic carbocycles. The Bertz CT molecular complexity index is 820. The Hall–Kier alpha value is -2.61. The number of hydrogen-bond donors (Lipinski definition) is 3. The average molecular weight is 461 g/mol. The van der Waals surface area contributed by atoms with E-state index < -0.39 is 18.1 Å². The van der Waals surface area contributed by atoms with Gasteiger partial charge in [0.2, 0.25) is 5.91 Å². The molecule has 182 valence electrons. The van der Waals surface area contributed by atoms with Gasteiger partial charge in [-0.3, -0.25) is 9.59 Å². The van der Waals surface area contributed by atoms with Gasteiger partial charge in [0, 0.05) is 24.9 Å². The van der Waals surface area contributed by atoms with Crippen LogP contribution in [0.5, 0.6) is 5.75 Å². The molecular formula is C25H38N3O5+. The molecule has 8 heteroatoms. The van der Waals surface area contributed by atoms with Gasteiger partial charge in [-0.2, -0.15) is 0 Å². The van der Waals surface area contributed by atoms with Crippen molar-refractivity contribution >= 4 is 17.8 Å². The Balaban J connectivity index is 1.53. The van der Waals surface area contributed by atoms with Gasteiger partial charge in [0.25, 0.3) is 5.91 Å². The van der Waals surface area contributed by atoms with Crippen molar-refractivity contribution in [1.29, 1.82) is 0 Å². The molecule has 5 N–H and O–H groups in total. The molecule has 1 saturated carbocycles. The number of hydrogen-bond acceptors (Lipinski definition) is 4. The number of benzene rings is 1. The van der Waals surface area contributed by atoms with E-state index in [-0.39, 0.29) is 23.8 Å². The lowest BCUT2D eigenvalue weighted by Gasteiger charge is -2.30. The van der Waals surface area contributed by atoms with Gasteiger partial charge in [-0.25, -0.2) is 4.79 Å². The highest BCUT2D eigenvalue weighted by molar-refractivity contribution is 5.89. The molecule has 0 bridgehead atoms. The minimum atomic E-state index is -0.995. The second kappa shape index (κ2) is 11.5. The highest BCUT2D eigenvalue weighted by Gasteiger charge is 2.40. The summed E-state index contributed by atoms with van der Waals surface area (Å²) in [6.45, 7) is 4.54. The lowest BCUT2D eigenvalue weighted by molar-refractivity contribution is -0.419. The summed E-state index contributed by atoms with van der Waals surface area (Å²) in [4.78, 5) is 39.0. The van der Waals surface area contributed by atoms with Crippen LogP contribution in [0.2, 0.25) is 0 Å². The lowest BCUT2D eigenvalue weighted by atomic mass is 9.83. The van der Waals surface area contributed by atoms with Gasteiger partial charge >= 0.3 is 5.97 Å². The third-order valence-corrected chi connectivity index (χ3v) is 6.88. The number of carboxylic acid groups (broad SMARTS) is 1. The van der Waals surface area contributed by atoms with Crippen LogP contribution in [-0.2, 0) is 20.9 Å². The van der Waals surface area contributed by atoms with E-state index in [9.17, 15) is 19.5 Å². The van der Waals surface area contributed by atoms with E-state index in [0.29, 0.717) is 31.2 Å². The first-order valence-corrected chi connectivity index (χ1v) is 12.2. The van der Waals surface area contributed by atoms with E-state index in [0.717, 1.165) is 37.7 Å². The topological polar surface area (TPSA) is 124 Å². The minimum Gasteiger partial charge on any atom is -0.478 e. The molecule has 0 radical (unpaired) electrons. The van der Waals surface area contributed by atoms with Crippen molar-refractivity contribution in [3.05, 3.63) is 29.8 Å². The number of ether oxygens (including phenoxy) is 1. The second-order valence-corrected chi connectivity index (χ2v) is 9.68. The molecule has 3 atom stereocenters. The first-order valence-electron chi connectivity index (χ1n) is 12.2. The van der Waals surface area contributed by atoms with Crippen molar-refractivity contribution < 1.29 is 30.0 Å². The van der Waals surface area contributed by atoms with Crippen molar-refractivity contribution in [2.24, 2.45) is 11.8 Å². The maximum atomic E-state index is 13.1. The summed E-state index contributed by atoms with van der Waals surface area (Å²) in [5, 5.41) is 12.2. The fourth-order valence-electron chi connectivity index (χ4n) is 4.87. The summed E-state index contributed by atoms with van der Waals surface area (Å²) >= 11 is 0. The number of rotatable bonds is 9. The van der Waals surface area contributed by atoms with E-state index in [1.807, 2.05) is 12.1 Å². The SMILES string of the molecule is CC(C)[C@@H](Oc1ccc(CNC(=O)[C@@H]2CCCN2C(=O)C([NH3+])C2CCCCC2)cc1)C(=O)O. The Kier molecular flexibility index (Phi) is 8.72. The van der Waals surface area contributed by atoms with E-state index in [1.54, 1.807) is 30.9 Å². The van der Waals surface area contributed by atoms with Crippen LogP contribution in [0.4, 0.5) is 0 Å². The van der Waals surface area contributed by atoms with Gasteiger partial charge in [-0.05, 0) is 43.4 Å². The number of carbonyl (C=O) groups is 3. The van der Waals surface area contributed by atoms with Crippen molar-refractivity contribution in [1.82, 2.24) is 10.2 Å². The largest absolute Gasteiger partial charge is 0.478 e. The lowest BCUT2D eigenvalue weighted by Crippen LogP contribution is -2.71. The third kappa shape index (κ3) is 6.47. The summed E-state index contributed by atoms with van der Waals surface area (Å²) in [5.74, 6) is -0.475. The Morgan fingerprint density at radius 1 is 1.09 bits per heavy atom. The summed E-state index contributed by atoms with van der Waals surface area (Å²) in [5.41, 5.74) is 5.05. The second-order valence-electron chi connectivity index (χ2n) is 9.68. The Labute approximate surface area is 195 Å². The molecule has 1 aliphatic heterocycles. The van der Waals surface area contributed by atoms with Gasteiger partial charge in [0.1, 0.15) is 11.8 Å². The van der Waals surface area contributed by atoms with Crippen LogP contribution in [0.15, 0.2) is 24.3 Å². The molecule has 1 unspecified atom stereocenters. The normalized spacial score (nSPS) is 21.0. The molecule has 33 heavy (non-hydrogen) atoms. The minimum absolute atomic E-state index is 0.0131. The number of quaternary nitrogens is 1. The summed E-state index contributed by atoms with van der Waals surface area (Å²) in [6.07, 6.45) is 6.24. The first-order chi connectivity index (χ1) is 15.8. The monoisotopic (exact) mass is 460 g/mol. The highest BCUT2D eigenvalue weighted by Crippen LogP contribution is 2.27. The van der Waals surface area contributed by atoms with Gasteiger partial charge in [-0.15, -0.1) is 0 Å². The Morgan fingerprint density at radius 2 is 1.76 bits per heavy atom. The van der Waals surface area contributed by atoms with Crippen LogP contribution in [0.3, 0.4) is 0 Å². The number of carboxylic acids is 1. The summed E-state index contributed by atoms with van der Waals surface area (Å²) in [7, 11) is 0. The number of aliphatic carboxylic acids is 1. The van der Waals surface area contributed by atoms with Crippen molar-refractivity contribution in [3.63, 3.8) is 0 Å². The number of nitrogens with one attached hydrogen (secondary N) is 1. The van der Waals surface area contributed by atoms with Crippen LogP contribution in [-0.4, -0.2) is 52.5 Å². The predicted molar refractivity (Wildman–Crippen MR) is 123 cm³/mol. The zero-order chi connectivity index (χ0) is 24.0. The molecule has 2 aliphatic rings. The van der Waals surface area contributed by atoms with Crippen LogP contribution < -0.4 is 15.8 Å². The quantitative estimate of drug-likeness (QED) is 0.520. The molecule has 1 heterocycles. The predicted octanol–water partition coefficient (Wildman–Crippen LogP) is 1.97. The maximum absolute atomic E-state index is 13.1. The van der Waals surface area contributed by atoms with Crippen LogP contribution in [0.1, 0.15) is 64.4 Å². The van der Waals surface area contributed by atoms with Crippen LogP contribution in [0.25, 0.3) is 0 Å². The third-order valence-electron chi connectivity index (χ3n) is 6.88. The van der Waals surface area contributed by atoms with Gasteiger partial charge in [0.15, 0.2) is 12.1 Å². The fraction of sp³-hybridized carbons (Fsp3) is 0.640. The zero-order valence-corrected chi connectivity index (χ0v) is 19.8. The number of nitrogens with zero attached hydrogens (tertiary/aromatic N) is 1. The maximum Gasteiger partial charge on any atom is 0.345 e. The van der Waals surface area contributed by atoms with Crippen LogP contribution >= 0.6 is 0 Å². The van der Waals surface area contributed by atoms with E-state index in [1.165, 1.54) is 6.42 Å². The number of carbonyl (C=O) groups excluding carboxylic acids is 2. The molecule has 1 aromatic rings. The fourth-order valence-corrected chi connectivity index (χ4v) is 4.87. The number of amides is 2. The number of likely N-dealkylation sites (tertiary alicyclic amines) is 1. The van der Waals surface area contributed by atoms with Gasteiger partial charge < -0.3 is 25.8 Å². The summed E-state index contributed by atoms with van der Waals surface area (Å²) < 4.78 is 5.57. The molecule has 2 fully saturated rings. The van der Waals surface area contributed by atoms with Crippen molar-refractivity contribution in [2.45, 2.75) is 83.5 Å². The van der Waals surface area contributed by atoms with E-state index >= 15 is 0 Å². The molecular weight excluding hydrogens is 422 g/mol. The molecule has 1 aliphatic carbocycles. The van der Waals surface area contributed by atoms with Crippen molar-refractivity contribution in [2.75, 3.05) is 6.54 Å². The molecule has 8 nitrogen and oxygen atoms in total. The molecule has 0 aromatic heterocycles. The van der Waals surface area contributed by atoms with E-state index in [4.69, 9.17) is 4.74 Å². The average Bonchev–Trinajstić information content (AvgIpc) is 3.31. The zero-order valence-electron chi connectivity index (χ0n) is 19.8. The van der Waals surface area contributed by atoms with Gasteiger partial charge in [0.05, 0.1) is 0 Å². The summed E-state index contributed by atoms with van der Waals surface area (Å²) in [6, 6.07) is 6.33. The molecule has 3 rings (SSSR count). The molecule has 1 saturated heterocycles. The molecule has 2 amide bonds. The van der Waals surface area contributed by atoms with Crippen LogP contribution in [0, 0.1) is 11.8 Å². The smallest absolute Gasteiger partial charge is 0.345 e. The Morgan fingerprint density at radius 3 is 2.36 bits per heavy atom. The molecule has 0 spiro atoms. The standard InChI is InChI=1S/C25H37N3O5/c1-16(2)22(25(31)32)33-19-12-10-17(11-13-19)15-27-23(29)20-9-6-14-28(20)24(30)21(26)18-7-4-3-5-8-18/h10-13,16,18,20-22H,3-9,14-15,26H2,1-2H3,(H,27,29)(H,31,32)/p+1/t20-,21?,22+/m0/s1. The van der Waals surface area contributed by atoms with E-state index in [2.05, 4.69) is 11.1 Å². The van der Waals surface area contributed by atoms with Gasteiger partial charge in [-0.1, -0.05) is 45.2 Å². The van der Waals surface area contributed by atoms with Crippen molar-refractivity contribution in [3.8, 4) is 5.75 Å². The first kappa shape index (κ1) is 25.0.